The highest BCUT2D eigenvalue weighted by Gasteiger charge is 2.17. The first-order valence-corrected chi connectivity index (χ1v) is 9.29. The van der Waals surface area contributed by atoms with Crippen molar-refractivity contribution in [2.24, 2.45) is 0 Å². The lowest BCUT2D eigenvalue weighted by molar-refractivity contribution is -0.119. The second-order valence-electron chi connectivity index (χ2n) is 5.44. The SMILES string of the molecule is CC(=O)NCc1ccc(C(=O)COC(=O)c2cc3c(F)cccc3s2)s1. The number of ether oxygens (including phenoxy) is 1. The molecular formula is C18H14FNO4S2. The molecule has 1 amide bonds. The van der Waals surface area contributed by atoms with Crippen LogP contribution >= 0.6 is 22.7 Å². The number of carbonyl (C=O) groups is 3. The van der Waals surface area contributed by atoms with E-state index in [0.29, 0.717) is 21.5 Å². The Hall–Kier alpha value is -2.58. The fourth-order valence-electron chi connectivity index (χ4n) is 2.23. The molecule has 26 heavy (non-hydrogen) atoms. The Balaban J connectivity index is 1.60. The van der Waals surface area contributed by atoms with E-state index in [1.165, 1.54) is 30.4 Å². The third-order valence-corrected chi connectivity index (χ3v) is 5.70. The van der Waals surface area contributed by atoms with Gasteiger partial charge in [-0.3, -0.25) is 9.59 Å². The summed E-state index contributed by atoms with van der Waals surface area (Å²) in [6.45, 7) is 1.37. The molecule has 1 aromatic carbocycles. The van der Waals surface area contributed by atoms with E-state index < -0.39 is 18.4 Å². The number of amides is 1. The number of nitrogens with one attached hydrogen (secondary N) is 1. The van der Waals surface area contributed by atoms with Gasteiger partial charge in [0, 0.05) is 21.9 Å². The number of rotatable bonds is 6. The van der Waals surface area contributed by atoms with E-state index in [4.69, 9.17) is 4.74 Å². The van der Waals surface area contributed by atoms with Gasteiger partial charge in [0.05, 0.1) is 11.4 Å². The third-order valence-electron chi connectivity index (χ3n) is 3.49. The molecule has 8 heteroatoms. The summed E-state index contributed by atoms with van der Waals surface area (Å²) >= 11 is 2.35. The molecule has 1 N–H and O–H groups in total. The average molecular weight is 391 g/mol. The summed E-state index contributed by atoms with van der Waals surface area (Å²) in [5.74, 6) is -1.54. The van der Waals surface area contributed by atoms with Crippen LogP contribution in [0, 0.1) is 5.82 Å². The minimum atomic E-state index is -0.658. The van der Waals surface area contributed by atoms with Crippen molar-refractivity contribution in [1.82, 2.24) is 5.32 Å². The molecule has 2 aromatic heterocycles. The molecule has 0 fully saturated rings. The minimum absolute atomic E-state index is 0.153. The second kappa shape index (κ2) is 7.76. The average Bonchev–Trinajstić information content (AvgIpc) is 3.25. The summed E-state index contributed by atoms with van der Waals surface area (Å²) in [5, 5.41) is 3.01. The van der Waals surface area contributed by atoms with Crippen LogP contribution in [0.5, 0.6) is 0 Å². The molecule has 0 saturated heterocycles. The smallest absolute Gasteiger partial charge is 0.348 e. The summed E-state index contributed by atoms with van der Waals surface area (Å²) in [7, 11) is 0. The van der Waals surface area contributed by atoms with E-state index in [9.17, 15) is 18.8 Å². The van der Waals surface area contributed by atoms with Gasteiger partial charge in [0.15, 0.2) is 6.61 Å². The fraction of sp³-hybridized carbons (Fsp3) is 0.167. The van der Waals surface area contributed by atoms with Crippen molar-refractivity contribution in [2.45, 2.75) is 13.5 Å². The highest BCUT2D eigenvalue weighted by Crippen LogP contribution is 2.28. The van der Waals surface area contributed by atoms with Crippen LogP contribution < -0.4 is 5.32 Å². The normalized spacial score (nSPS) is 10.7. The largest absolute Gasteiger partial charge is 0.453 e. The van der Waals surface area contributed by atoms with Gasteiger partial charge in [0.1, 0.15) is 10.7 Å². The Morgan fingerprint density at radius 1 is 1.12 bits per heavy atom. The molecule has 0 aliphatic heterocycles. The Morgan fingerprint density at radius 2 is 1.92 bits per heavy atom. The van der Waals surface area contributed by atoms with Crippen molar-refractivity contribution in [3.8, 4) is 0 Å². The van der Waals surface area contributed by atoms with E-state index in [0.717, 1.165) is 16.2 Å². The molecule has 0 unspecified atom stereocenters. The number of ketones is 1. The van der Waals surface area contributed by atoms with Crippen molar-refractivity contribution in [1.29, 1.82) is 0 Å². The molecule has 0 radical (unpaired) electrons. The Kier molecular flexibility index (Phi) is 5.43. The maximum atomic E-state index is 13.7. The van der Waals surface area contributed by atoms with Gasteiger partial charge < -0.3 is 10.1 Å². The number of benzene rings is 1. The monoisotopic (exact) mass is 391 g/mol. The second-order valence-corrected chi connectivity index (χ2v) is 7.69. The third kappa shape index (κ3) is 4.14. The predicted octanol–water partition coefficient (Wildman–Crippen LogP) is 3.78. The zero-order valence-electron chi connectivity index (χ0n) is 13.7. The first-order chi connectivity index (χ1) is 12.4. The molecule has 2 heterocycles. The number of carbonyl (C=O) groups excluding carboxylic acids is 3. The molecule has 3 rings (SSSR count). The van der Waals surface area contributed by atoms with Gasteiger partial charge in [-0.05, 0) is 30.3 Å². The molecule has 0 aliphatic rings. The molecule has 134 valence electrons. The molecule has 3 aromatic rings. The van der Waals surface area contributed by atoms with Crippen LogP contribution in [-0.4, -0.2) is 24.3 Å². The van der Waals surface area contributed by atoms with Crippen molar-refractivity contribution in [2.75, 3.05) is 6.61 Å². The number of fused-ring (bicyclic) bond motifs is 1. The molecule has 0 saturated carbocycles. The van der Waals surface area contributed by atoms with Gasteiger partial charge in [0.2, 0.25) is 11.7 Å². The molecule has 0 bridgehead atoms. The lowest BCUT2D eigenvalue weighted by Crippen LogP contribution is -2.18. The number of thiophene rings is 2. The Labute approximate surface area is 156 Å². The quantitative estimate of drug-likeness (QED) is 0.513. The Bertz CT molecular complexity index is 992. The van der Waals surface area contributed by atoms with Gasteiger partial charge in [-0.15, -0.1) is 22.7 Å². The van der Waals surface area contributed by atoms with Crippen LogP contribution in [0.15, 0.2) is 36.4 Å². The minimum Gasteiger partial charge on any atom is -0.453 e. The van der Waals surface area contributed by atoms with Gasteiger partial charge in [-0.2, -0.15) is 0 Å². The zero-order chi connectivity index (χ0) is 18.7. The van der Waals surface area contributed by atoms with Gasteiger partial charge in [-0.1, -0.05) is 6.07 Å². The lowest BCUT2D eigenvalue weighted by atomic mass is 10.2. The van der Waals surface area contributed by atoms with Crippen LogP contribution in [0.2, 0.25) is 0 Å². The van der Waals surface area contributed by atoms with Crippen molar-refractivity contribution in [3.63, 3.8) is 0 Å². The number of halogens is 1. The summed E-state index contributed by atoms with van der Waals surface area (Å²) in [4.78, 5) is 36.7. The maximum Gasteiger partial charge on any atom is 0.348 e. The van der Waals surface area contributed by atoms with E-state index in [1.807, 2.05) is 0 Å². The van der Waals surface area contributed by atoms with E-state index in [1.54, 1.807) is 24.3 Å². The predicted molar refractivity (Wildman–Crippen MR) is 98.2 cm³/mol. The number of hydrogen-bond acceptors (Lipinski definition) is 6. The van der Waals surface area contributed by atoms with E-state index in [2.05, 4.69) is 5.32 Å². The first-order valence-electron chi connectivity index (χ1n) is 7.65. The summed E-state index contributed by atoms with van der Waals surface area (Å²) in [5.41, 5.74) is 0. The van der Waals surface area contributed by atoms with E-state index in [-0.39, 0.29) is 16.6 Å². The summed E-state index contributed by atoms with van der Waals surface area (Å²) in [6.07, 6.45) is 0. The van der Waals surface area contributed by atoms with Crippen LogP contribution in [0.4, 0.5) is 4.39 Å². The van der Waals surface area contributed by atoms with Gasteiger partial charge in [-0.25, -0.2) is 9.18 Å². The maximum absolute atomic E-state index is 13.7. The lowest BCUT2D eigenvalue weighted by Gasteiger charge is -2.01. The molecule has 5 nitrogen and oxygen atoms in total. The Morgan fingerprint density at radius 3 is 2.65 bits per heavy atom. The molecule has 0 spiro atoms. The van der Waals surface area contributed by atoms with Crippen LogP contribution in [0.1, 0.15) is 31.1 Å². The zero-order valence-corrected chi connectivity index (χ0v) is 15.3. The van der Waals surface area contributed by atoms with Gasteiger partial charge >= 0.3 is 5.97 Å². The van der Waals surface area contributed by atoms with E-state index >= 15 is 0 Å². The standard InChI is InChI=1S/C18H14FNO4S2/c1-10(21)20-8-11-5-6-16(25-11)14(22)9-24-18(23)17-7-12-13(19)3-2-4-15(12)26-17/h2-7H,8-9H2,1H3,(H,20,21). The highest BCUT2D eigenvalue weighted by molar-refractivity contribution is 7.20. The molecule has 0 aliphatic carbocycles. The fourth-order valence-corrected chi connectivity index (χ4v) is 4.07. The van der Waals surface area contributed by atoms with Crippen LogP contribution in [0.25, 0.3) is 10.1 Å². The van der Waals surface area contributed by atoms with Crippen molar-refractivity contribution in [3.05, 3.63) is 56.8 Å². The first kappa shape index (κ1) is 18.2. The number of Topliss-reactive ketones (excluding diaryl/α,β-unsaturated/α-hetero) is 1. The van der Waals surface area contributed by atoms with Crippen LogP contribution in [0.3, 0.4) is 0 Å². The number of esters is 1. The molecule has 0 atom stereocenters. The van der Waals surface area contributed by atoms with Crippen LogP contribution in [-0.2, 0) is 16.1 Å². The summed E-state index contributed by atoms with van der Waals surface area (Å²) < 4.78 is 19.4. The number of hydrogen-bond donors (Lipinski definition) is 1. The molecular weight excluding hydrogens is 377 g/mol. The topological polar surface area (TPSA) is 72.5 Å². The highest BCUT2D eigenvalue weighted by atomic mass is 32.1. The summed E-state index contributed by atoms with van der Waals surface area (Å²) in [6, 6.07) is 9.41. The van der Waals surface area contributed by atoms with Gasteiger partial charge in [0.25, 0.3) is 0 Å². The van der Waals surface area contributed by atoms with Crippen molar-refractivity contribution >= 4 is 50.4 Å². The van der Waals surface area contributed by atoms with Crippen molar-refractivity contribution < 1.29 is 23.5 Å².